The summed E-state index contributed by atoms with van der Waals surface area (Å²) in [6.07, 6.45) is 5.26. The molecule has 0 spiro atoms. The zero-order valence-corrected chi connectivity index (χ0v) is 16.1. The predicted octanol–water partition coefficient (Wildman–Crippen LogP) is 2.78. The van der Waals surface area contributed by atoms with E-state index in [0.29, 0.717) is 30.0 Å². The molecule has 1 heterocycles. The van der Waals surface area contributed by atoms with Crippen molar-refractivity contribution in [2.24, 2.45) is 5.73 Å². The van der Waals surface area contributed by atoms with Crippen LogP contribution in [0.4, 0.5) is 5.69 Å². The van der Waals surface area contributed by atoms with Crippen LogP contribution in [0.1, 0.15) is 16.7 Å². The first kappa shape index (κ1) is 20.3. The second kappa shape index (κ2) is 9.64. The molecule has 0 aliphatic heterocycles. The monoisotopic (exact) mass is 387 g/mol. The summed E-state index contributed by atoms with van der Waals surface area (Å²) in [6, 6.07) is 17.3. The molecule has 6 nitrogen and oxygen atoms in total. The molecule has 148 valence electrons. The zero-order chi connectivity index (χ0) is 20.6. The molecule has 2 aromatic carbocycles. The van der Waals surface area contributed by atoms with E-state index in [2.05, 4.69) is 10.3 Å². The fourth-order valence-corrected chi connectivity index (χ4v) is 3.00. The molecular weight excluding hydrogens is 362 g/mol. The van der Waals surface area contributed by atoms with E-state index in [0.717, 1.165) is 22.3 Å². The van der Waals surface area contributed by atoms with Crippen molar-refractivity contribution >= 4 is 17.5 Å². The Kier molecular flexibility index (Phi) is 6.73. The number of benzene rings is 2. The highest BCUT2D eigenvalue weighted by atomic mass is 16.3. The number of pyridine rings is 1. The molecule has 0 bridgehead atoms. The molecule has 0 aliphatic carbocycles. The normalized spacial score (nSPS) is 11.4. The number of nitrogens with two attached hydrogens (primary N) is 2. The third-order valence-electron chi connectivity index (χ3n) is 4.50. The fourth-order valence-electron chi connectivity index (χ4n) is 3.00. The first-order valence-corrected chi connectivity index (χ1v) is 9.35. The van der Waals surface area contributed by atoms with Crippen LogP contribution in [0.25, 0.3) is 17.2 Å². The van der Waals surface area contributed by atoms with Crippen molar-refractivity contribution in [2.75, 3.05) is 18.9 Å². The van der Waals surface area contributed by atoms with Crippen LogP contribution in [0.5, 0.6) is 0 Å². The summed E-state index contributed by atoms with van der Waals surface area (Å²) in [5.41, 5.74) is 17.8. The molecule has 0 saturated carbocycles. The Hall–Kier alpha value is -3.48. The summed E-state index contributed by atoms with van der Waals surface area (Å²) in [6.45, 7) is 1.29. The lowest BCUT2D eigenvalue weighted by molar-refractivity contribution is 0.292. The van der Waals surface area contributed by atoms with E-state index in [9.17, 15) is 0 Å². The number of nitrogens with zero attached hydrogens (tertiary/aromatic N) is 1. The van der Waals surface area contributed by atoms with E-state index >= 15 is 0 Å². The number of nitrogens with one attached hydrogen (secondary N) is 2. The molecule has 0 aliphatic rings. The Balaban J connectivity index is 1.84. The highest BCUT2D eigenvalue weighted by Gasteiger charge is 2.11. The van der Waals surface area contributed by atoms with Gasteiger partial charge in [0.1, 0.15) is 0 Å². The van der Waals surface area contributed by atoms with Gasteiger partial charge < -0.3 is 21.9 Å². The molecule has 3 rings (SSSR count). The molecule has 7 N–H and O–H groups in total. The smallest absolute Gasteiger partial charge is 0.0862 e. The molecule has 0 fully saturated rings. The van der Waals surface area contributed by atoms with Crippen molar-refractivity contribution in [3.8, 4) is 11.1 Å². The number of aromatic nitrogens is 1. The van der Waals surface area contributed by atoms with Crippen LogP contribution in [0.15, 0.2) is 72.7 Å². The average Bonchev–Trinajstić information content (AvgIpc) is 2.75. The minimum Gasteiger partial charge on any atom is -0.398 e. The van der Waals surface area contributed by atoms with Gasteiger partial charge in [-0.05, 0) is 41.0 Å². The first-order chi connectivity index (χ1) is 14.1. The van der Waals surface area contributed by atoms with Crippen LogP contribution < -0.4 is 16.8 Å². The number of nitrogen functional groups attached to an aromatic ring is 1. The molecule has 0 amide bonds. The highest BCUT2D eigenvalue weighted by Crippen LogP contribution is 2.24. The predicted molar refractivity (Wildman–Crippen MR) is 118 cm³/mol. The Morgan fingerprint density at radius 1 is 1.10 bits per heavy atom. The maximum Gasteiger partial charge on any atom is 0.0862 e. The third kappa shape index (κ3) is 5.28. The van der Waals surface area contributed by atoms with Crippen LogP contribution >= 0.6 is 0 Å². The van der Waals surface area contributed by atoms with E-state index in [-0.39, 0.29) is 12.3 Å². The van der Waals surface area contributed by atoms with Crippen LogP contribution in [-0.2, 0) is 6.54 Å². The van der Waals surface area contributed by atoms with Crippen molar-refractivity contribution in [2.45, 2.75) is 6.54 Å². The first-order valence-electron chi connectivity index (χ1n) is 9.35. The molecule has 0 radical (unpaired) electrons. The number of hydrogen-bond donors (Lipinski definition) is 5. The van der Waals surface area contributed by atoms with Gasteiger partial charge in [-0.1, -0.05) is 36.4 Å². The van der Waals surface area contributed by atoms with Crippen LogP contribution in [-0.4, -0.2) is 29.0 Å². The standard InChI is InChI=1S/C23H25N5O/c24-21-7-6-18(19-5-2-8-27-15-19)13-20(21)23(26)22(25)12-16-3-1-4-17(11-16)14-28-9-10-29/h1-8,11-13,15,26,28-29H,9-10,14,24-25H2/b22-12-,26-23?. The van der Waals surface area contributed by atoms with E-state index in [1.165, 1.54) is 0 Å². The van der Waals surface area contributed by atoms with E-state index in [1.54, 1.807) is 24.5 Å². The summed E-state index contributed by atoms with van der Waals surface area (Å²) in [5.74, 6) is 0. The molecular formula is C23H25N5O. The topological polar surface area (TPSA) is 121 Å². The van der Waals surface area contributed by atoms with Gasteiger partial charge in [0, 0.05) is 42.3 Å². The Labute approximate surface area is 170 Å². The second-order valence-corrected chi connectivity index (χ2v) is 6.66. The Bertz CT molecular complexity index is 1010. The van der Waals surface area contributed by atoms with Gasteiger partial charge >= 0.3 is 0 Å². The summed E-state index contributed by atoms with van der Waals surface area (Å²) in [5, 5.41) is 20.6. The quantitative estimate of drug-likeness (QED) is 0.231. The third-order valence-corrected chi connectivity index (χ3v) is 4.50. The summed E-state index contributed by atoms with van der Waals surface area (Å²) in [4.78, 5) is 4.14. The lowest BCUT2D eigenvalue weighted by Crippen LogP contribution is -2.17. The number of anilines is 1. The van der Waals surface area contributed by atoms with E-state index in [1.807, 2.05) is 48.5 Å². The maximum atomic E-state index is 8.88. The van der Waals surface area contributed by atoms with E-state index < -0.39 is 0 Å². The minimum atomic E-state index is 0.100. The molecule has 0 saturated heterocycles. The largest absolute Gasteiger partial charge is 0.398 e. The zero-order valence-electron chi connectivity index (χ0n) is 16.1. The lowest BCUT2D eigenvalue weighted by Gasteiger charge is -2.11. The number of aliphatic hydroxyl groups excluding tert-OH is 1. The number of hydrogen-bond acceptors (Lipinski definition) is 6. The number of aliphatic hydroxyl groups is 1. The van der Waals surface area contributed by atoms with E-state index in [4.69, 9.17) is 22.0 Å². The average molecular weight is 387 g/mol. The molecule has 0 unspecified atom stereocenters. The second-order valence-electron chi connectivity index (χ2n) is 6.66. The maximum absolute atomic E-state index is 8.88. The van der Waals surface area contributed by atoms with Crippen molar-refractivity contribution in [1.29, 1.82) is 5.41 Å². The van der Waals surface area contributed by atoms with Crippen molar-refractivity contribution in [1.82, 2.24) is 10.3 Å². The van der Waals surface area contributed by atoms with Crippen LogP contribution in [0, 0.1) is 5.41 Å². The highest BCUT2D eigenvalue weighted by molar-refractivity contribution is 6.15. The van der Waals surface area contributed by atoms with Gasteiger partial charge in [-0.3, -0.25) is 10.4 Å². The van der Waals surface area contributed by atoms with Crippen molar-refractivity contribution in [3.05, 3.63) is 89.4 Å². The van der Waals surface area contributed by atoms with Crippen molar-refractivity contribution in [3.63, 3.8) is 0 Å². The molecule has 6 heteroatoms. The van der Waals surface area contributed by atoms with Gasteiger partial charge in [-0.25, -0.2) is 0 Å². The van der Waals surface area contributed by atoms with Gasteiger partial charge in [0.05, 0.1) is 18.0 Å². The van der Waals surface area contributed by atoms with Gasteiger partial charge in [-0.15, -0.1) is 0 Å². The summed E-state index contributed by atoms with van der Waals surface area (Å²) < 4.78 is 0. The Morgan fingerprint density at radius 3 is 2.72 bits per heavy atom. The molecule has 1 aromatic heterocycles. The van der Waals surface area contributed by atoms with Gasteiger partial charge in [0.25, 0.3) is 0 Å². The number of allylic oxidation sites excluding steroid dienone is 1. The number of rotatable bonds is 8. The minimum absolute atomic E-state index is 0.100. The summed E-state index contributed by atoms with van der Waals surface area (Å²) in [7, 11) is 0. The van der Waals surface area contributed by atoms with Crippen molar-refractivity contribution < 1.29 is 5.11 Å². The molecule has 0 atom stereocenters. The van der Waals surface area contributed by atoms with Gasteiger partial charge in [-0.2, -0.15) is 0 Å². The van der Waals surface area contributed by atoms with Gasteiger partial charge in [0.15, 0.2) is 0 Å². The SMILES string of the molecule is N=C(/C(N)=C/c1cccc(CNCCO)c1)c1cc(-c2cccnc2)ccc1N. The van der Waals surface area contributed by atoms with Crippen LogP contribution in [0.3, 0.4) is 0 Å². The fraction of sp³-hybridized carbons (Fsp3) is 0.130. The molecule has 29 heavy (non-hydrogen) atoms. The molecule has 3 aromatic rings. The Morgan fingerprint density at radius 2 is 1.97 bits per heavy atom. The lowest BCUT2D eigenvalue weighted by atomic mass is 9.98. The summed E-state index contributed by atoms with van der Waals surface area (Å²) >= 11 is 0. The van der Waals surface area contributed by atoms with Crippen LogP contribution in [0.2, 0.25) is 0 Å². The van der Waals surface area contributed by atoms with Gasteiger partial charge in [0.2, 0.25) is 0 Å².